The van der Waals surface area contributed by atoms with E-state index in [1.165, 1.54) is 6.07 Å². The third-order valence-corrected chi connectivity index (χ3v) is 3.16. The zero-order chi connectivity index (χ0) is 16.5. The van der Waals surface area contributed by atoms with Gasteiger partial charge in [-0.15, -0.1) is 0 Å². The molecule has 0 fully saturated rings. The van der Waals surface area contributed by atoms with Crippen LogP contribution in [0.1, 0.15) is 25.0 Å². The van der Waals surface area contributed by atoms with Crippen molar-refractivity contribution in [3.05, 3.63) is 35.1 Å². The first kappa shape index (κ1) is 17.9. The third kappa shape index (κ3) is 6.11. The maximum absolute atomic E-state index is 13.5. The summed E-state index contributed by atoms with van der Waals surface area (Å²) in [7, 11) is 1.66. The highest BCUT2D eigenvalue weighted by Crippen LogP contribution is 2.08. The maximum atomic E-state index is 13.5. The molecule has 0 bridgehead atoms. The molecular formula is C16H25FN4O. The molecule has 5 nitrogen and oxygen atoms in total. The van der Waals surface area contributed by atoms with Crippen molar-refractivity contribution in [1.29, 1.82) is 0 Å². The van der Waals surface area contributed by atoms with E-state index in [2.05, 4.69) is 20.9 Å². The van der Waals surface area contributed by atoms with Gasteiger partial charge in [0.2, 0.25) is 5.91 Å². The standard InChI is InChI=1S/C16H25FN4O/c1-11(2)15(22)19-7-8-20-16(18-4)21-10-13-6-5-12(3)14(17)9-13/h5-6,9,11H,7-8,10H2,1-4H3,(H,19,22)(H2,18,20,21). The lowest BCUT2D eigenvalue weighted by Gasteiger charge is -2.13. The minimum absolute atomic E-state index is 0.0196. The number of guanidine groups is 1. The van der Waals surface area contributed by atoms with Gasteiger partial charge in [0.05, 0.1) is 0 Å². The second-order valence-corrected chi connectivity index (χ2v) is 5.38. The van der Waals surface area contributed by atoms with Crippen molar-refractivity contribution in [2.75, 3.05) is 20.1 Å². The normalized spacial score (nSPS) is 11.5. The van der Waals surface area contributed by atoms with E-state index in [9.17, 15) is 9.18 Å². The molecule has 0 aliphatic rings. The molecule has 0 saturated carbocycles. The van der Waals surface area contributed by atoms with Gasteiger partial charge in [-0.1, -0.05) is 26.0 Å². The minimum atomic E-state index is -0.210. The van der Waals surface area contributed by atoms with E-state index in [0.29, 0.717) is 31.2 Å². The van der Waals surface area contributed by atoms with E-state index in [4.69, 9.17) is 0 Å². The quantitative estimate of drug-likeness (QED) is 0.425. The first-order chi connectivity index (χ1) is 10.4. The molecular weight excluding hydrogens is 283 g/mol. The van der Waals surface area contributed by atoms with Crippen LogP contribution in [0.3, 0.4) is 0 Å². The minimum Gasteiger partial charge on any atom is -0.355 e. The molecule has 0 atom stereocenters. The first-order valence-corrected chi connectivity index (χ1v) is 7.41. The lowest BCUT2D eigenvalue weighted by molar-refractivity contribution is -0.123. The third-order valence-electron chi connectivity index (χ3n) is 3.16. The molecule has 1 rings (SSSR count). The Balaban J connectivity index is 2.33. The molecule has 0 aromatic heterocycles. The van der Waals surface area contributed by atoms with E-state index in [0.717, 1.165) is 5.56 Å². The van der Waals surface area contributed by atoms with Crippen LogP contribution in [0.25, 0.3) is 0 Å². The number of benzene rings is 1. The number of nitrogens with one attached hydrogen (secondary N) is 3. The van der Waals surface area contributed by atoms with Gasteiger partial charge >= 0.3 is 0 Å². The fraction of sp³-hybridized carbons (Fsp3) is 0.500. The zero-order valence-corrected chi connectivity index (χ0v) is 13.7. The van der Waals surface area contributed by atoms with Crippen LogP contribution in [0.4, 0.5) is 4.39 Å². The van der Waals surface area contributed by atoms with E-state index < -0.39 is 0 Å². The first-order valence-electron chi connectivity index (χ1n) is 7.41. The molecule has 122 valence electrons. The molecule has 1 aromatic rings. The van der Waals surface area contributed by atoms with Gasteiger partial charge in [-0.2, -0.15) is 0 Å². The van der Waals surface area contributed by atoms with Crippen molar-refractivity contribution in [3.8, 4) is 0 Å². The second kappa shape index (κ2) is 9.02. The molecule has 0 aliphatic carbocycles. The highest BCUT2D eigenvalue weighted by Gasteiger charge is 2.05. The Bertz CT molecular complexity index is 529. The predicted molar refractivity (Wildman–Crippen MR) is 87.2 cm³/mol. The molecule has 22 heavy (non-hydrogen) atoms. The summed E-state index contributed by atoms with van der Waals surface area (Å²) in [5.74, 6) is 0.409. The average Bonchev–Trinajstić information content (AvgIpc) is 2.49. The van der Waals surface area contributed by atoms with Crippen LogP contribution in [-0.4, -0.2) is 32.0 Å². The molecule has 6 heteroatoms. The summed E-state index contributed by atoms with van der Waals surface area (Å²) < 4.78 is 13.5. The Hall–Kier alpha value is -2.11. The van der Waals surface area contributed by atoms with Gasteiger partial charge in [-0.3, -0.25) is 9.79 Å². The zero-order valence-electron chi connectivity index (χ0n) is 13.7. The molecule has 3 N–H and O–H groups in total. The van der Waals surface area contributed by atoms with E-state index in [1.54, 1.807) is 20.0 Å². The van der Waals surface area contributed by atoms with Crippen LogP contribution in [0.15, 0.2) is 23.2 Å². The Kier molecular flexibility index (Phi) is 7.36. The van der Waals surface area contributed by atoms with Gasteiger partial charge in [0.1, 0.15) is 5.82 Å². The van der Waals surface area contributed by atoms with Crippen LogP contribution >= 0.6 is 0 Å². The highest BCUT2D eigenvalue weighted by molar-refractivity contribution is 5.80. The smallest absolute Gasteiger partial charge is 0.222 e. The SMILES string of the molecule is CN=C(NCCNC(=O)C(C)C)NCc1ccc(C)c(F)c1. The van der Waals surface area contributed by atoms with Crippen molar-refractivity contribution < 1.29 is 9.18 Å². The maximum Gasteiger partial charge on any atom is 0.222 e. The molecule has 1 aromatic carbocycles. The van der Waals surface area contributed by atoms with Gasteiger partial charge in [0.15, 0.2) is 5.96 Å². The van der Waals surface area contributed by atoms with Crippen molar-refractivity contribution >= 4 is 11.9 Å². The van der Waals surface area contributed by atoms with Crippen LogP contribution in [-0.2, 0) is 11.3 Å². The number of halogens is 1. The topological polar surface area (TPSA) is 65.5 Å². The van der Waals surface area contributed by atoms with Gasteiger partial charge in [-0.05, 0) is 24.1 Å². The Morgan fingerprint density at radius 1 is 1.23 bits per heavy atom. The molecule has 0 spiro atoms. The number of aliphatic imine (C=N–C) groups is 1. The fourth-order valence-electron chi connectivity index (χ4n) is 1.72. The van der Waals surface area contributed by atoms with E-state index in [1.807, 2.05) is 19.9 Å². The predicted octanol–water partition coefficient (Wildman–Crippen LogP) is 1.57. The number of nitrogens with zero attached hydrogens (tertiary/aromatic N) is 1. The van der Waals surface area contributed by atoms with Crippen LogP contribution in [0.2, 0.25) is 0 Å². The number of hydrogen-bond donors (Lipinski definition) is 3. The molecule has 0 saturated heterocycles. The lowest BCUT2D eigenvalue weighted by Crippen LogP contribution is -2.41. The summed E-state index contributed by atoms with van der Waals surface area (Å²) in [6, 6.07) is 5.14. The lowest BCUT2D eigenvalue weighted by atomic mass is 10.1. The summed E-state index contributed by atoms with van der Waals surface area (Å²) >= 11 is 0. The van der Waals surface area contributed by atoms with Crippen LogP contribution < -0.4 is 16.0 Å². The van der Waals surface area contributed by atoms with E-state index >= 15 is 0 Å². The summed E-state index contributed by atoms with van der Waals surface area (Å²) in [5.41, 5.74) is 1.48. The summed E-state index contributed by atoms with van der Waals surface area (Å²) in [5, 5.41) is 9.01. The van der Waals surface area contributed by atoms with Gasteiger partial charge in [-0.25, -0.2) is 4.39 Å². The van der Waals surface area contributed by atoms with Crippen molar-refractivity contribution in [2.24, 2.45) is 10.9 Å². The van der Waals surface area contributed by atoms with Crippen molar-refractivity contribution in [2.45, 2.75) is 27.3 Å². The monoisotopic (exact) mass is 308 g/mol. The number of hydrogen-bond acceptors (Lipinski definition) is 2. The molecule has 0 unspecified atom stereocenters. The Morgan fingerprint density at radius 2 is 1.91 bits per heavy atom. The van der Waals surface area contributed by atoms with E-state index in [-0.39, 0.29) is 17.6 Å². The summed E-state index contributed by atoms with van der Waals surface area (Å²) in [4.78, 5) is 15.5. The molecule has 0 heterocycles. The van der Waals surface area contributed by atoms with Gasteiger partial charge in [0, 0.05) is 32.6 Å². The number of aryl methyl sites for hydroxylation is 1. The number of amides is 1. The fourth-order valence-corrected chi connectivity index (χ4v) is 1.72. The van der Waals surface area contributed by atoms with Crippen molar-refractivity contribution in [1.82, 2.24) is 16.0 Å². The second-order valence-electron chi connectivity index (χ2n) is 5.38. The summed E-state index contributed by atoms with van der Waals surface area (Å²) in [6.07, 6.45) is 0. The largest absolute Gasteiger partial charge is 0.355 e. The molecule has 1 amide bonds. The van der Waals surface area contributed by atoms with Crippen LogP contribution in [0.5, 0.6) is 0 Å². The highest BCUT2D eigenvalue weighted by atomic mass is 19.1. The Labute approximate surface area is 131 Å². The number of rotatable bonds is 6. The summed E-state index contributed by atoms with van der Waals surface area (Å²) in [6.45, 7) is 7.01. The molecule has 0 aliphatic heterocycles. The molecule has 0 radical (unpaired) electrons. The van der Waals surface area contributed by atoms with Crippen LogP contribution in [0, 0.1) is 18.7 Å². The van der Waals surface area contributed by atoms with Gasteiger partial charge in [0.25, 0.3) is 0 Å². The number of carbonyl (C=O) groups is 1. The number of carbonyl (C=O) groups excluding carboxylic acids is 1. The van der Waals surface area contributed by atoms with Gasteiger partial charge < -0.3 is 16.0 Å². The average molecular weight is 308 g/mol. The Morgan fingerprint density at radius 3 is 2.50 bits per heavy atom. The van der Waals surface area contributed by atoms with Crippen molar-refractivity contribution in [3.63, 3.8) is 0 Å².